The van der Waals surface area contributed by atoms with E-state index in [1.165, 1.54) is 32.9 Å². The van der Waals surface area contributed by atoms with Crippen molar-refractivity contribution in [2.45, 2.75) is 52.2 Å². The minimum Gasteiger partial charge on any atom is -0.462 e. The van der Waals surface area contributed by atoms with Gasteiger partial charge in [-0.15, -0.1) is 0 Å². The lowest BCUT2D eigenvalue weighted by Gasteiger charge is -2.26. The maximum absolute atomic E-state index is 12.2. The highest BCUT2D eigenvalue weighted by Crippen LogP contribution is 2.12. The lowest BCUT2D eigenvalue weighted by molar-refractivity contribution is -0.169. The summed E-state index contributed by atoms with van der Waals surface area (Å²) in [6.07, 6.45) is 3.59. The Kier molecular flexibility index (Phi) is 8.66. The Hall–Kier alpha value is -2.38. The van der Waals surface area contributed by atoms with E-state index in [4.69, 9.17) is 14.2 Å². The standard InChI is InChI=1S/C17H25NO7/c1-12(19)23-11-16(25-14(3)21)15(24-13(2)20)7-8-17(22)18-9-5-4-6-10-18/h7-8,15-16H,4-6,9-11H2,1-3H3/b8-7+/t15-,16+/m1/s1. The third-order valence-corrected chi connectivity index (χ3v) is 3.53. The minimum absolute atomic E-state index is 0.203. The minimum atomic E-state index is -1.03. The number of piperidine rings is 1. The molecule has 1 heterocycles. The Morgan fingerprint density at radius 3 is 2.04 bits per heavy atom. The molecule has 1 saturated heterocycles. The number of carbonyl (C=O) groups is 4. The second-order valence-electron chi connectivity index (χ2n) is 5.77. The van der Waals surface area contributed by atoms with Gasteiger partial charge in [-0.3, -0.25) is 19.2 Å². The molecule has 0 aromatic heterocycles. The van der Waals surface area contributed by atoms with Crippen LogP contribution in [0.15, 0.2) is 12.2 Å². The van der Waals surface area contributed by atoms with Gasteiger partial charge in [0.05, 0.1) is 0 Å². The van der Waals surface area contributed by atoms with Crippen LogP contribution in [0.25, 0.3) is 0 Å². The molecule has 25 heavy (non-hydrogen) atoms. The van der Waals surface area contributed by atoms with Crippen LogP contribution in [0.5, 0.6) is 0 Å². The quantitative estimate of drug-likeness (QED) is 0.381. The van der Waals surface area contributed by atoms with Gasteiger partial charge in [-0.05, 0) is 25.3 Å². The van der Waals surface area contributed by atoms with Crippen LogP contribution in [0.4, 0.5) is 0 Å². The van der Waals surface area contributed by atoms with Crippen molar-refractivity contribution in [2.75, 3.05) is 19.7 Å². The molecule has 2 atom stereocenters. The molecule has 1 rings (SSSR count). The first kappa shape index (κ1) is 20.7. The second-order valence-corrected chi connectivity index (χ2v) is 5.77. The Bertz CT molecular complexity index is 523. The Morgan fingerprint density at radius 2 is 1.52 bits per heavy atom. The zero-order valence-electron chi connectivity index (χ0n) is 14.9. The maximum atomic E-state index is 12.2. The van der Waals surface area contributed by atoms with E-state index >= 15 is 0 Å². The number of carbonyl (C=O) groups excluding carboxylic acids is 4. The van der Waals surface area contributed by atoms with E-state index in [0.717, 1.165) is 19.3 Å². The summed E-state index contributed by atoms with van der Waals surface area (Å²) in [4.78, 5) is 47.5. The number of likely N-dealkylation sites (tertiary alicyclic amines) is 1. The molecule has 8 heteroatoms. The fraction of sp³-hybridized carbons (Fsp3) is 0.647. The van der Waals surface area contributed by atoms with Crippen LogP contribution in [0.3, 0.4) is 0 Å². The van der Waals surface area contributed by atoms with Crippen molar-refractivity contribution in [1.29, 1.82) is 0 Å². The van der Waals surface area contributed by atoms with Crippen molar-refractivity contribution in [3.63, 3.8) is 0 Å². The number of hydrogen-bond acceptors (Lipinski definition) is 7. The van der Waals surface area contributed by atoms with E-state index in [2.05, 4.69) is 0 Å². The molecule has 1 fully saturated rings. The molecule has 0 bridgehead atoms. The van der Waals surface area contributed by atoms with Crippen molar-refractivity contribution in [3.05, 3.63) is 12.2 Å². The summed E-state index contributed by atoms with van der Waals surface area (Å²) in [7, 11) is 0. The highest BCUT2D eigenvalue weighted by Gasteiger charge is 2.27. The zero-order chi connectivity index (χ0) is 18.8. The highest BCUT2D eigenvalue weighted by atomic mass is 16.6. The molecule has 1 amide bonds. The molecule has 0 saturated carbocycles. The zero-order valence-corrected chi connectivity index (χ0v) is 14.9. The van der Waals surface area contributed by atoms with Crippen molar-refractivity contribution in [1.82, 2.24) is 4.90 Å². The van der Waals surface area contributed by atoms with E-state index in [9.17, 15) is 19.2 Å². The van der Waals surface area contributed by atoms with Crippen LogP contribution in [0.2, 0.25) is 0 Å². The Morgan fingerprint density at radius 1 is 0.920 bits per heavy atom. The smallest absolute Gasteiger partial charge is 0.303 e. The van der Waals surface area contributed by atoms with Crippen LogP contribution in [0, 0.1) is 0 Å². The highest BCUT2D eigenvalue weighted by molar-refractivity contribution is 5.87. The molecule has 0 aromatic rings. The van der Waals surface area contributed by atoms with Crippen LogP contribution < -0.4 is 0 Å². The van der Waals surface area contributed by atoms with Gasteiger partial charge < -0.3 is 19.1 Å². The van der Waals surface area contributed by atoms with E-state index in [-0.39, 0.29) is 12.5 Å². The molecule has 0 aliphatic carbocycles. The summed E-state index contributed by atoms with van der Waals surface area (Å²) in [5.74, 6) is -2.00. The van der Waals surface area contributed by atoms with Crippen molar-refractivity contribution in [3.8, 4) is 0 Å². The maximum Gasteiger partial charge on any atom is 0.303 e. The monoisotopic (exact) mass is 355 g/mol. The third-order valence-electron chi connectivity index (χ3n) is 3.53. The molecular formula is C17H25NO7. The van der Waals surface area contributed by atoms with Gasteiger partial charge in [-0.2, -0.15) is 0 Å². The van der Waals surface area contributed by atoms with E-state index < -0.39 is 30.1 Å². The van der Waals surface area contributed by atoms with Crippen LogP contribution >= 0.6 is 0 Å². The fourth-order valence-corrected chi connectivity index (χ4v) is 2.44. The summed E-state index contributed by atoms with van der Waals surface area (Å²) in [5, 5.41) is 0. The third kappa shape index (κ3) is 8.32. The van der Waals surface area contributed by atoms with Gasteiger partial charge in [-0.1, -0.05) is 0 Å². The molecule has 0 unspecified atom stereocenters. The summed E-state index contributed by atoms with van der Waals surface area (Å²) >= 11 is 0. The Balaban J connectivity index is 2.84. The summed E-state index contributed by atoms with van der Waals surface area (Å²) in [6, 6.07) is 0. The summed E-state index contributed by atoms with van der Waals surface area (Å²) in [5.41, 5.74) is 0. The first-order valence-electron chi connectivity index (χ1n) is 8.24. The SMILES string of the molecule is CC(=O)OC[C@H](OC(C)=O)[C@@H](/C=C/C(=O)N1CCCCC1)OC(C)=O. The normalized spacial score (nSPS) is 16.8. The molecule has 0 radical (unpaired) electrons. The van der Waals surface area contributed by atoms with Crippen molar-refractivity contribution < 1.29 is 33.4 Å². The molecule has 140 valence electrons. The van der Waals surface area contributed by atoms with E-state index in [0.29, 0.717) is 13.1 Å². The topological polar surface area (TPSA) is 99.2 Å². The number of ether oxygens (including phenoxy) is 3. The van der Waals surface area contributed by atoms with E-state index in [1.54, 1.807) is 4.90 Å². The molecule has 0 aromatic carbocycles. The molecule has 1 aliphatic rings. The first-order valence-corrected chi connectivity index (χ1v) is 8.24. The molecule has 8 nitrogen and oxygen atoms in total. The largest absolute Gasteiger partial charge is 0.462 e. The molecule has 1 aliphatic heterocycles. The van der Waals surface area contributed by atoms with Gasteiger partial charge in [0.2, 0.25) is 5.91 Å². The average Bonchev–Trinajstić information content (AvgIpc) is 2.55. The number of rotatable bonds is 7. The Labute approximate surface area is 147 Å². The van der Waals surface area contributed by atoms with Crippen molar-refractivity contribution in [2.24, 2.45) is 0 Å². The number of amides is 1. The summed E-state index contributed by atoms with van der Waals surface area (Å²) in [6.45, 7) is 4.68. The van der Waals surface area contributed by atoms with Crippen LogP contribution in [-0.2, 0) is 33.4 Å². The van der Waals surface area contributed by atoms with Gasteiger partial charge in [0, 0.05) is 39.9 Å². The van der Waals surface area contributed by atoms with Crippen molar-refractivity contribution >= 4 is 23.8 Å². The van der Waals surface area contributed by atoms with Gasteiger partial charge in [0.1, 0.15) is 6.61 Å². The predicted octanol–water partition coefficient (Wildman–Crippen LogP) is 0.982. The van der Waals surface area contributed by atoms with E-state index in [1.807, 2.05) is 0 Å². The molecule has 0 N–H and O–H groups in total. The van der Waals surface area contributed by atoms with Gasteiger partial charge in [0.25, 0.3) is 0 Å². The number of esters is 3. The molecular weight excluding hydrogens is 330 g/mol. The number of nitrogens with zero attached hydrogens (tertiary/aromatic N) is 1. The van der Waals surface area contributed by atoms with Crippen LogP contribution in [-0.4, -0.2) is 60.6 Å². The van der Waals surface area contributed by atoms with Crippen LogP contribution in [0.1, 0.15) is 40.0 Å². The van der Waals surface area contributed by atoms with Gasteiger partial charge in [0.15, 0.2) is 12.2 Å². The molecule has 0 spiro atoms. The number of hydrogen-bond donors (Lipinski definition) is 0. The first-order chi connectivity index (χ1) is 11.8. The average molecular weight is 355 g/mol. The predicted molar refractivity (Wildman–Crippen MR) is 87.3 cm³/mol. The summed E-state index contributed by atoms with van der Waals surface area (Å²) < 4.78 is 15.0. The van der Waals surface area contributed by atoms with Gasteiger partial charge >= 0.3 is 17.9 Å². The second kappa shape index (κ2) is 10.5. The fourth-order valence-electron chi connectivity index (χ4n) is 2.44. The lowest BCUT2D eigenvalue weighted by atomic mass is 10.1. The van der Waals surface area contributed by atoms with Gasteiger partial charge in [-0.25, -0.2) is 0 Å². The lowest BCUT2D eigenvalue weighted by Crippen LogP contribution is -2.38.